The molecular weight excluding hydrogens is 347 g/mol. The summed E-state index contributed by atoms with van der Waals surface area (Å²) < 4.78 is 12.9. The van der Waals surface area contributed by atoms with Crippen LogP contribution in [-0.2, 0) is 17.6 Å². The minimum absolute atomic E-state index is 0.0577. The SMILES string of the molecule is Cc1cccc(-c2nc(C)c(CCNC(=O)Cc3ccc(F)cc3)s2)c1. The van der Waals surface area contributed by atoms with Gasteiger partial charge in [-0.05, 0) is 37.6 Å². The molecule has 3 nitrogen and oxygen atoms in total. The Hall–Kier alpha value is -2.53. The molecule has 3 rings (SSSR count). The maximum absolute atomic E-state index is 12.9. The second-order valence-corrected chi connectivity index (χ2v) is 7.38. The van der Waals surface area contributed by atoms with E-state index in [9.17, 15) is 9.18 Å². The van der Waals surface area contributed by atoms with E-state index in [4.69, 9.17) is 0 Å². The van der Waals surface area contributed by atoms with Crippen LogP contribution in [-0.4, -0.2) is 17.4 Å². The van der Waals surface area contributed by atoms with Crippen molar-refractivity contribution >= 4 is 17.2 Å². The highest BCUT2D eigenvalue weighted by molar-refractivity contribution is 7.15. The summed E-state index contributed by atoms with van der Waals surface area (Å²) in [6, 6.07) is 14.3. The third-order valence-corrected chi connectivity index (χ3v) is 5.38. The molecule has 0 saturated heterocycles. The van der Waals surface area contributed by atoms with Crippen molar-refractivity contribution in [2.45, 2.75) is 26.7 Å². The fraction of sp³-hybridized carbons (Fsp3) is 0.238. The maximum Gasteiger partial charge on any atom is 0.224 e. The van der Waals surface area contributed by atoms with Gasteiger partial charge in [0, 0.05) is 23.4 Å². The summed E-state index contributed by atoms with van der Waals surface area (Å²) in [5.41, 5.74) is 4.16. The Labute approximate surface area is 156 Å². The predicted octanol–water partition coefficient (Wildman–Crippen LogP) is 4.47. The highest BCUT2D eigenvalue weighted by Crippen LogP contribution is 2.28. The maximum atomic E-state index is 12.9. The zero-order chi connectivity index (χ0) is 18.5. The third-order valence-electron chi connectivity index (χ3n) is 4.11. The van der Waals surface area contributed by atoms with Crippen LogP contribution < -0.4 is 5.32 Å². The van der Waals surface area contributed by atoms with Gasteiger partial charge in [-0.15, -0.1) is 11.3 Å². The number of thiazole rings is 1. The fourth-order valence-electron chi connectivity index (χ4n) is 2.73. The van der Waals surface area contributed by atoms with Gasteiger partial charge in [0.25, 0.3) is 0 Å². The van der Waals surface area contributed by atoms with Crippen molar-refractivity contribution in [1.82, 2.24) is 10.3 Å². The summed E-state index contributed by atoms with van der Waals surface area (Å²) in [5.74, 6) is -0.350. The summed E-state index contributed by atoms with van der Waals surface area (Å²) in [4.78, 5) is 17.9. The smallest absolute Gasteiger partial charge is 0.224 e. The van der Waals surface area contributed by atoms with Gasteiger partial charge in [-0.2, -0.15) is 0 Å². The summed E-state index contributed by atoms with van der Waals surface area (Å²) >= 11 is 1.67. The monoisotopic (exact) mass is 368 g/mol. The molecule has 0 spiro atoms. The molecule has 1 amide bonds. The fourth-order valence-corrected chi connectivity index (χ4v) is 3.79. The van der Waals surface area contributed by atoms with Crippen LogP contribution in [0.1, 0.15) is 21.7 Å². The van der Waals surface area contributed by atoms with Crippen molar-refractivity contribution in [2.24, 2.45) is 0 Å². The molecule has 0 aliphatic heterocycles. The number of hydrogen-bond donors (Lipinski definition) is 1. The number of hydrogen-bond acceptors (Lipinski definition) is 3. The number of benzene rings is 2. The van der Waals surface area contributed by atoms with Crippen molar-refractivity contribution in [3.05, 3.63) is 76.0 Å². The Morgan fingerprint density at radius 3 is 2.65 bits per heavy atom. The second kappa shape index (κ2) is 8.23. The van der Waals surface area contributed by atoms with Crippen LogP contribution in [0.5, 0.6) is 0 Å². The quantitative estimate of drug-likeness (QED) is 0.698. The lowest BCUT2D eigenvalue weighted by Crippen LogP contribution is -2.27. The number of nitrogens with zero attached hydrogens (tertiary/aromatic N) is 1. The Balaban J connectivity index is 1.55. The molecule has 26 heavy (non-hydrogen) atoms. The van der Waals surface area contributed by atoms with Crippen LogP contribution >= 0.6 is 11.3 Å². The molecule has 134 valence electrons. The molecule has 0 unspecified atom stereocenters. The number of halogens is 1. The van der Waals surface area contributed by atoms with Gasteiger partial charge in [-0.1, -0.05) is 35.9 Å². The Bertz CT molecular complexity index is 903. The van der Waals surface area contributed by atoms with E-state index < -0.39 is 0 Å². The number of carbonyl (C=O) groups excluding carboxylic acids is 1. The average molecular weight is 368 g/mol. The van der Waals surface area contributed by atoms with Crippen molar-refractivity contribution in [3.63, 3.8) is 0 Å². The van der Waals surface area contributed by atoms with Crippen LogP contribution in [0.3, 0.4) is 0 Å². The number of rotatable bonds is 6. The molecule has 0 bridgehead atoms. The number of carbonyl (C=O) groups is 1. The summed E-state index contributed by atoms with van der Waals surface area (Å²) in [6.07, 6.45) is 1.01. The van der Waals surface area contributed by atoms with Crippen LogP contribution in [0.15, 0.2) is 48.5 Å². The van der Waals surface area contributed by atoms with Gasteiger partial charge >= 0.3 is 0 Å². The zero-order valence-electron chi connectivity index (χ0n) is 14.9. The normalized spacial score (nSPS) is 10.7. The van der Waals surface area contributed by atoms with Gasteiger partial charge in [0.15, 0.2) is 0 Å². The topological polar surface area (TPSA) is 42.0 Å². The highest BCUT2D eigenvalue weighted by Gasteiger charge is 2.10. The van der Waals surface area contributed by atoms with Crippen LogP contribution in [0, 0.1) is 19.7 Å². The van der Waals surface area contributed by atoms with E-state index in [0.717, 1.165) is 28.2 Å². The Morgan fingerprint density at radius 1 is 1.15 bits per heavy atom. The predicted molar refractivity (Wildman–Crippen MR) is 104 cm³/mol. The number of aryl methyl sites for hydroxylation is 2. The lowest BCUT2D eigenvalue weighted by Gasteiger charge is -2.05. The molecule has 1 aromatic heterocycles. The van der Waals surface area contributed by atoms with Crippen LogP contribution in [0.25, 0.3) is 10.6 Å². The number of aromatic nitrogens is 1. The molecular formula is C21H21FN2OS. The van der Waals surface area contributed by atoms with E-state index in [1.165, 1.54) is 22.6 Å². The van der Waals surface area contributed by atoms with E-state index in [2.05, 4.69) is 35.4 Å². The Morgan fingerprint density at radius 2 is 1.92 bits per heavy atom. The average Bonchev–Trinajstić information content (AvgIpc) is 2.98. The molecule has 3 aromatic rings. The molecule has 0 fully saturated rings. The molecule has 2 aromatic carbocycles. The minimum Gasteiger partial charge on any atom is -0.355 e. The van der Waals surface area contributed by atoms with E-state index in [0.29, 0.717) is 6.54 Å². The molecule has 0 saturated carbocycles. The van der Waals surface area contributed by atoms with Gasteiger partial charge in [-0.3, -0.25) is 4.79 Å². The number of nitrogens with one attached hydrogen (secondary N) is 1. The molecule has 0 aliphatic carbocycles. The first-order valence-electron chi connectivity index (χ1n) is 8.56. The first kappa shape index (κ1) is 18.3. The summed E-state index contributed by atoms with van der Waals surface area (Å²) in [6.45, 7) is 4.64. The van der Waals surface area contributed by atoms with Crippen molar-refractivity contribution in [1.29, 1.82) is 0 Å². The van der Waals surface area contributed by atoms with Gasteiger partial charge in [0.2, 0.25) is 5.91 Å². The standard InChI is InChI=1S/C21H21FN2OS/c1-14-4-3-5-17(12-14)21-24-15(2)19(26-21)10-11-23-20(25)13-16-6-8-18(22)9-7-16/h3-9,12H,10-11,13H2,1-2H3,(H,23,25). The molecule has 0 atom stereocenters. The summed E-state index contributed by atoms with van der Waals surface area (Å²) in [5, 5.41) is 3.94. The lowest BCUT2D eigenvalue weighted by atomic mass is 10.1. The van der Waals surface area contributed by atoms with Gasteiger partial charge in [0.1, 0.15) is 10.8 Å². The van der Waals surface area contributed by atoms with Crippen molar-refractivity contribution in [3.8, 4) is 10.6 Å². The van der Waals surface area contributed by atoms with E-state index in [1.54, 1.807) is 23.5 Å². The van der Waals surface area contributed by atoms with E-state index in [1.807, 2.05) is 13.0 Å². The second-order valence-electron chi connectivity index (χ2n) is 6.30. The van der Waals surface area contributed by atoms with Crippen molar-refractivity contribution < 1.29 is 9.18 Å². The van der Waals surface area contributed by atoms with Gasteiger partial charge in [0.05, 0.1) is 12.1 Å². The van der Waals surface area contributed by atoms with E-state index in [-0.39, 0.29) is 18.1 Å². The first-order valence-corrected chi connectivity index (χ1v) is 9.37. The summed E-state index contributed by atoms with van der Waals surface area (Å²) in [7, 11) is 0. The third kappa shape index (κ3) is 4.76. The van der Waals surface area contributed by atoms with E-state index >= 15 is 0 Å². The molecule has 5 heteroatoms. The first-order chi connectivity index (χ1) is 12.5. The lowest BCUT2D eigenvalue weighted by molar-refractivity contribution is -0.120. The zero-order valence-corrected chi connectivity index (χ0v) is 15.7. The van der Waals surface area contributed by atoms with Crippen LogP contribution in [0.2, 0.25) is 0 Å². The highest BCUT2D eigenvalue weighted by atomic mass is 32.1. The Kier molecular flexibility index (Phi) is 5.78. The van der Waals surface area contributed by atoms with Crippen molar-refractivity contribution in [2.75, 3.05) is 6.54 Å². The van der Waals surface area contributed by atoms with Gasteiger partial charge in [-0.25, -0.2) is 9.37 Å². The number of amides is 1. The molecule has 1 N–H and O–H groups in total. The van der Waals surface area contributed by atoms with Gasteiger partial charge < -0.3 is 5.32 Å². The largest absolute Gasteiger partial charge is 0.355 e. The molecule has 0 aliphatic rings. The molecule has 1 heterocycles. The minimum atomic E-state index is -0.292. The van der Waals surface area contributed by atoms with Crippen LogP contribution in [0.4, 0.5) is 4.39 Å². The molecule has 0 radical (unpaired) electrons.